The molecule has 20 heavy (non-hydrogen) atoms. The van der Waals surface area contributed by atoms with Crippen LogP contribution in [0.4, 0.5) is 0 Å². The van der Waals surface area contributed by atoms with E-state index in [9.17, 15) is 8.42 Å². The second-order valence-electron chi connectivity index (χ2n) is 4.57. The molecule has 2 rings (SSSR count). The molecule has 0 aliphatic carbocycles. The molecule has 0 spiro atoms. The number of aryl methyl sites for hydroxylation is 1. The van der Waals surface area contributed by atoms with Crippen molar-refractivity contribution in [2.75, 3.05) is 17.8 Å². The number of hydrogen-bond acceptors (Lipinski definition) is 6. The van der Waals surface area contributed by atoms with Gasteiger partial charge in [-0.25, -0.2) is 8.42 Å². The molecule has 0 fully saturated rings. The molecule has 0 bridgehead atoms. The highest BCUT2D eigenvalue weighted by molar-refractivity contribution is 8.00. The summed E-state index contributed by atoms with van der Waals surface area (Å²) in [6.45, 7) is 4.04. The lowest BCUT2D eigenvalue weighted by Crippen LogP contribution is -2.07. The van der Waals surface area contributed by atoms with Gasteiger partial charge >= 0.3 is 0 Å². The van der Waals surface area contributed by atoms with Gasteiger partial charge in [-0.2, -0.15) is 4.68 Å². The van der Waals surface area contributed by atoms with Crippen molar-refractivity contribution in [2.24, 2.45) is 0 Å². The third-order valence-electron chi connectivity index (χ3n) is 2.93. The smallest absolute Gasteiger partial charge is 0.214 e. The number of sulfone groups is 1. The van der Waals surface area contributed by atoms with Crippen LogP contribution in [0.2, 0.25) is 0 Å². The Balaban J connectivity index is 2.22. The van der Waals surface area contributed by atoms with Gasteiger partial charge in [0, 0.05) is 12.0 Å². The zero-order valence-electron chi connectivity index (χ0n) is 11.6. The first-order chi connectivity index (χ1) is 9.38. The second-order valence-corrected chi connectivity index (χ2v) is 7.89. The molecule has 0 aliphatic heterocycles. The summed E-state index contributed by atoms with van der Waals surface area (Å²) in [6, 6.07) is 5.92. The average molecular weight is 312 g/mol. The summed E-state index contributed by atoms with van der Waals surface area (Å²) in [7, 11) is -2.97. The van der Waals surface area contributed by atoms with Gasteiger partial charge in [-0.05, 0) is 41.5 Å². The van der Waals surface area contributed by atoms with Gasteiger partial charge in [0.05, 0.1) is 11.4 Å². The van der Waals surface area contributed by atoms with Gasteiger partial charge in [-0.3, -0.25) is 0 Å². The molecule has 0 saturated carbocycles. The quantitative estimate of drug-likeness (QED) is 0.777. The zero-order chi connectivity index (χ0) is 14.8. The SMILES string of the molecule is Cc1cccc(-n2nnnc2SCCS(C)(=O)=O)c1C. The van der Waals surface area contributed by atoms with Gasteiger partial charge in [0.2, 0.25) is 5.16 Å². The van der Waals surface area contributed by atoms with Crippen molar-refractivity contribution in [3.8, 4) is 5.69 Å². The van der Waals surface area contributed by atoms with Crippen molar-refractivity contribution >= 4 is 21.6 Å². The summed E-state index contributed by atoms with van der Waals surface area (Å²) in [4.78, 5) is 0. The highest BCUT2D eigenvalue weighted by atomic mass is 32.2. The standard InChI is InChI=1S/C12H16N4O2S2/c1-9-5-4-6-11(10(9)2)16-12(13-14-15-16)19-7-8-20(3,17)18/h4-6H,7-8H2,1-3H3. The summed E-state index contributed by atoms with van der Waals surface area (Å²) in [5.41, 5.74) is 3.17. The van der Waals surface area contributed by atoms with Gasteiger partial charge in [0.25, 0.3) is 0 Å². The molecule has 6 nitrogen and oxygen atoms in total. The van der Waals surface area contributed by atoms with Gasteiger partial charge in [0.1, 0.15) is 9.84 Å². The van der Waals surface area contributed by atoms with Crippen LogP contribution in [-0.4, -0.2) is 46.4 Å². The monoisotopic (exact) mass is 312 g/mol. The normalized spacial score (nSPS) is 11.8. The number of thioether (sulfide) groups is 1. The van der Waals surface area contributed by atoms with Crippen molar-refractivity contribution < 1.29 is 8.42 Å². The third kappa shape index (κ3) is 3.57. The largest absolute Gasteiger partial charge is 0.229 e. The Morgan fingerprint density at radius 3 is 2.75 bits per heavy atom. The van der Waals surface area contributed by atoms with Gasteiger partial charge < -0.3 is 0 Å². The lowest BCUT2D eigenvalue weighted by molar-refractivity contribution is 0.603. The maximum atomic E-state index is 11.1. The molecule has 8 heteroatoms. The zero-order valence-corrected chi connectivity index (χ0v) is 13.2. The molecular formula is C12H16N4O2S2. The van der Waals surface area contributed by atoms with Crippen molar-refractivity contribution in [1.29, 1.82) is 0 Å². The van der Waals surface area contributed by atoms with E-state index in [1.54, 1.807) is 4.68 Å². The van der Waals surface area contributed by atoms with Crippen LogP contribution in [-0.2, 0) is 9.84 Å². The van der Waals surface area contributed by atoms with Crippen LogP contribution in [0.1, 0.15) is 11.1 Å². The Hall–Kier alpha value is -1.41. The highest BCUT2D eigenvalue weighted by Crippen LogP contribution is 2.22. The molecule has 1 aromatic carbocycles. The average Bonchev–Trinajstić information content (AvgIpc) is 2.79. The molecular weight excluding hydrogens is 296 g/mol. The van der Waals surface area contributed by atoms with E-state index in [4.69, 9.17) is 0 Å². The van der Waals surface area contributed by atoms with Gasteiger partial charge in [0.15, 0.2) is 0 Å². The van der Waals surface area contributed by atoms with E-state index in [1.165, 1.54) is 18.0 Å². The van der Waals surface area contributed by atoms with Crippen LogP contribution in [0.3, 0.4) is 0 Å². The molecule has 0 saturated heterocycles. The Kier molecular flexibility index (Phi) is 4.44. The fourth-order valence-corrected chi connectivity index (χ4v) is 3.75. The Morgan fingerprint density at radius 2 is 2.05 bits per heavy atom. The van der Waals surface area contributed by atoms with Crippen LogP contribution < -0.4 is 0 Å². The van der Waals surface area contributed by atoms with E-state index in [1.807, 2.05) is 32.0 Å². The number of benzene rings is 1. The molecule has 0 atom stereocenters. The minimum Gasteiger partial charge on any atom is -0.229 e. The van der Waals surface area contributed by atoms with Gasteiger partial charge in [-0.15, -0.1) is 5.10 Å². The molecule has 0 aliphatic rings. The van der Waals surface area contributed by atoms with Crippen molar-refractivity contribution in [3.63, 3.8) is 0 Å². The molecule has 0 N–H and O–H groups in total. The lowest BCUT2D eigenvalue weighted by Gasteiger charge is -2.09. The van der Waals surface area contributed by atoms with E-state index in [0.717, 1.165) is 16.8 Å². The number of rotatable bonds is 5. The molecule has 0 amide bonds. The minimum atomic E-state index is -2.97. The summed E-state index contributed by atoms with van der Waals surface area (Å²) >= 11 is 1.34. The maximum absolute atomic E-state index is 11.1. The summed E-state index contributed by atoms with van der Waals surface area (Å²) < 4.78 is 23.9. The number of tetrazole rings is 1. The predicted molar refractivity (Wildman–Crippen MR) is 79.1 cm³/mol. The molecule has 0 radical (unpaired) electrons. The van der Waals surface area contributed by atoms with E-state index < -0.39 is 9.84 Å². The summed E-state index contributed by atoms with van der Waals surface area (Å²) in [6.07, 6.45) is 1.22. The number of hydrogen-bond donors (Lipinski definition) is 0. The molecule has 108 valence electrons. The lowest BCUT2D eigenvalue weighted by atomic mass is 10.1. The topological polar surface area (TPSA) is 77.7 Å². The molecule has 0 unspecified atom stereocenters. The van der Waals surface area contributed by atoms with Crippen molar-refractivity contribution in [2.45, 2.75) is 19.0 Å². The van der Waals surface area contributed by atoms with Gasteiger partial charge in [-0.1, -0.05) is 23.9 Å². The van der Waals surface area contributed by atoms with Crippen LogP contribution in [0, 0.1) is 13.8 Å². The van der Waals surface area contributed by atoms with Crippen molar-refractivity contribution in [3.05, 3.63) is 29.3 Å². The van der Waals surface area contributed by atoms with Crippen LogP contribution in [0.15, 0.2) is 23.4 Å². The fourth-order valence-electron chi connectivity index (χ4n) is 1.67. The second kappa shape index (κ2) is 5.92. The molecule has 1 heterocycles. The first kappa shape index (κ1) is 15.0. The van der Waals surface area contributed by atoms with Crippen molar-refractivity contribution in [1.82, 2.24) is 20.2 Å². The number of aromatic nitrogens is 4. The Morgan fingerprint density at radius 1 is 1.30 bits per heavy atom. The molecule has 1 aromatic heterocycles. The third-order valence-corrected chi connectivity index (χ3v) is 5.06. The summed E-state index contributed by atoms with van der Waals surface area (Å²) in [5.74, 6) is 0.543. The Bertz CT molecular complexity index is 710. The summed E-state index contributed by atoms with van der Waals surface area (Å²) in [5, 5.41) is 12.2. The van der Waals surface area contributed by atoms with E-state index >= 15 is 0 Å². The fraction of sp³-hybridized carbons (Fsp3) is 0.417. The van der Waals surface area contributed by atoms with Crippen LogP contribution >= 0.6 is 11.8 Å². The number of nitrogens with zero attached hydrogens (tertiary/aromatic N) is 4. The first-order valence-electron chi connectivity index (χ1n) is 6.04. The minimum absolute atomic E-state index is 0.108. The maximum Gasteiger partial charge on any atom is 0.214 e. The van der Waals surface area contributed by atoms with Crippen LogP contribution in [0.25, 0.3) is 5.69 Å². The van der Waals surface area contributed by atoms with E-state index in [2.05, 4.69) is 15.5 Å². The predicted octanol–water partition coefficient (Wildman–Crippen LogP) is 1.42. The van der Waals surface area contributed by atoms with Crippen LogP contribution in [0.5, 0.6) is 0 Å². The first-order valence-corrected chi connectivity index (χ1v) is 9.08. The van der Waals surface area contributed by atoms with E-state index in [0.29, 0.717) is 10.9 Å². The molecule has 2 aromatic rings. The Labute approximate surface area is 122 Å². The van der Waals surface area contributed by atoms with E-state index in [-0.39, 0.29) is 5.75 Å². The highest BCUT2D eigenvalue weighted by Gasteiger charge is 2.12.